The molecule has 0 saturated carbocycles. The summed E-state index contributed by atoms with van der Waals surface area (Å²) < 4.78 is 11.4. The SMILES string of the molecule is COc1ccc(OC)c(-c2cc(C(=O)[O-])n3nnnc3n2)c1. The molecule has 0 aliphatic rings. The number of aromatic carboxylic acids is 1. The number of carboxylic acid groups (broad SMARTS) is 1. The summed E-state index contributed by atoms with van der Waals surface area (Å²) in [6.07, 6.45) is 0. The van der Waals surface area contributed by atoms with Crippen molar-refractivity contribution in [3.63, 3.8) is 0 Å². The van der Waals surface area contributed by atoms with Crippen LogP contribution in [0.15, 0.2) is 24.3 Å². The molecule has 9 heteroatoms. The molecule has 0 fully saturated rings. The third-order valence-electron chi connectivity index (χ3n) is 3.07. The quantitative estimate of drug-likeness (QED) is 0.637. The number of hydrogen-bond donors (Lipinski definition) is 0. The second kappa shape index (κ2) is 5.28. The van der Waals surface area contributed by atoms with Crippen LogP contribution in [0.2, 0.25) is 0 Å². The van der Waals surface area contributed by atoms with Crippen molar-refractivity contribution in [2.24, 2.45) is 0 Å². The molecule has 0 amide bonds. The van der Waals surface area contributed by atoms with Crippen molar-refractivity contribution < 1.29 is 19.4 Å². The molecule has 9 nitrogen and oxygen atoms in total. The van der Waals surface area contributed by atoms with Crippen LogP contribution in [0.3, 0.4) is 0 Å². The highest BCUT2D eigenvalue weighted by Crippen LogP contribution is 2.32. The molecule has 0 spiro atoms. The molecular weight excluding hydrogens is 290 g/mol. The number of carbonyl (C=O) groups is 1. The lowest BCUT2D eigenvalue weighted by Gasteiger charge is -2.11. The Morgan fingerprint density at radius 3 is 2.73 bits per heavy atom. The zero-order chi connectivity index (χ0) is 15.7. The molecule has 0 unspecified atom stereocenters. The van der Waals surface area contributed by atoms with Crippen LogP contribution in [0.1, 0.15) is 10.5 Å². The number of rotatable bonds is 4. The normalized spacial score (nSPS) is 10.6. The molecule has 3 aromatic rings. The van der Waals surface area contributed by atoms with Gasteiger partial charge in [-0.1, -0.05) is 5.10 Å². The Kier molecular flexibility index (Phi) is 3.30. The van der Waals surface area contributed by atoms with Gasteiger partial charge in [0, 0.05) is 5.56 Å². The van der Waals surface area contributed by atoms with Gasteiger partial charge in [-0.2, -0.15) is 4.52 Å². The van der Waals surface area contributed by atoms with E-state index in [1.807, 2.05) is 0 Å². The topological polar surface area (TPSA) is 115 Å². The summed E-state index contributed by atoms with van der Waals surface area (Å²) >= 11 is 0. The third kappa shape index (κ3) is 2.18. The molecule has 0 saturated heterocycles. The van der Waals surface area contributed by atoms with Gasteiger partial charge in [0.25, 0.3) is 5.78 Å². The van der Waals surface area contributed by atoms with Crippen molar-refractivity contribution in [1.82, 2.24) is 25.0 Å². The lowest BCUT2D eigenvalue weighted by molar-refractivity contribution is -0.255. The van der Waals surface area contributed by atoms with Crippen LogP contribution >= 0.6 is 0 Å². The number of tetrazole rings is 1. The number of fused-ring (bicyclic) bond motifs is 1. The Morgan fingerprint density at radius 2 is 2.05 bits per heavy atom. The predicted octanol–water partition coefficient (Wildman–Crippen LogP) is -0.433. The maximum Gasteiger partial charge on any atom is 0.274 e. The first kappa shape index (κ1) is 13.7. The van der Waals surface area contributed by atoms with Crippen molar-refractivity contribution in [2.45, 2.75) is 0 Å². The minimum Gasteiger partial charge on any atom is -0.543 e. The number of carbonyl (C=O) groups excluding carboxylic acids is 1. The Bertz CT molecular complexity index is 861. The zero-order valence-electron chi connectivity index (χ0n) is 11.7. The summed E-state index contributed by atoms with van der Waals surface area (Å²) in [6.45, 7) is 0. The fourth-order valence-corrected chi connectivity index (χ4v) is 2.04. The monoisotopic (exact) mass is 300 g/mol. The first-order chi connectivity index (χ1) is 10.6. The maximum absolute atomic E-state index is 11.3. The average Bonchev–Trinajstić information content (AvgIpc) is 3.01. The summed E-state index contributed by atoms with van der Waals surface area (Å²) in [4.78, 5) is 15.5. The summed E-state index contributed by atoms with van der Waals surface area (Å²) in [6, 6.07) is 6.41. The molecule has 0 aliphatic carbocycles. The summed E-state index contributed by atoms with van der Waals surface area (Å²) in [7, 11) is 3.03. The fourth-order valence-electron chi connectivity index (χ4n) is 2.04. The van der Waals surface area contributed by atoms with Crippen LogP contribution in [-0.2, 0) is 0 Å². The van der Waals surface area contributed by atoms with Crippen LogP contribution in [0.4, 0.5) is 0 Å². The second-order valence-corrected chi connectivity index (χ2v) is 4.27. The van der Waals surface area contributed by atoms with Gasteiger partial charge >= 0.3 is 0 Å². The van der Waals surface area contributed by atoms with Crippen LogP contribution in [0.5, 0.6) is 11.5 Å². The molecule has 2 heterocycles. The lowest BCUT2D eigenvalue weighted by Crippen LogP contribution is -2.25. The van der Waals surface area contributed by atoms with Gasteiger partial charge in [-0.25, -0.2) is 4.98 Å². The van der Waals surface area contributed by atoms with E-state index in [1.54, 1.807) is 18.2 Å². The standard InChI is InChI=1S/C13H11N5O4/c1-21-7-3-4-11(22-2)8(5-7)9-6-10(12(19)20)18-13(14-9)15-16-17-18/h3-6H,1-2H3,(H,19,20)/p-1. The first-order valence-electron chi connectivity index (χ1n) is 6.17. The van der Waals surface area contributed by atoms with Gasteiger partial charge in [-0.3, -0.25) is 0 Å². The van der Waals surface area contributed by atoms with E-state index in [4.69, 9.17) is 9.47 Å². The molecule has 0 N–H and O–H groups in total. The first-order valence-corrected chi connectivity index (χ1v) is 6.17. The Morgan fingerprint density at radius 1 is 1.23 bits per heavy atom. The van der Waals surface area contributed by atoms with E-state index in [9.17, 15) is 9.90 Å². The average molecular weight is 300 g/mol. The number of methoxy groups -OCH3 is 2. The van der Waals surface area contributed by atoms with E-state index in [0.717, 1.165) is 4.52 Å². The second-order valence-electron chi connectivity index (χ2n) is 4.27. The van der Waals surface area contributed by atoms with E-state index < -0.39 is 5.97 Å². The number of benzene rings is 1. The van der Waals surface area contributed by atoms with Crippen molar-refractivity contribution in [2.75, 3.05) is 14.2 Å². The highest BCUT2D eigenvalue weighted by Gasteiger charge is 2.14. The molecular formula is C13H10N5O4-. The van der Waals surface area contributed by atoms with Gasteiger partial charge in [-0.05, 0) is 34.7 Å². The molecule has 0 aliphatic heterocycles. The molecule has 3 rings (SSSR count). The molecule has 0 atom stereocenters. The van der Waals surface area contributed by atoms with Gasteiger partial charge in [0.1, 0.15) is 11.5 Å². The van der Waals surface area contributed by atoms with Crippen molar-refractivity contribution >= 4 is 11.7 Å². The number of aromatic nitrogens is 5. The summed E-state index contributed by atoms with van der Waals surface area (Å²) in [5, 5.41) is 21.9. The van der Waals surface area contributed by atoms with Gasteiger partial charge in [-0.15, -0.1) is 0 Å². The van der Waals surface area contributed by atoms with Crippen LogP contribution in [0.25, 0.3) is 17.0 Å². The summed E-state index contributed by atoms with van der Waals surface area (Å²) in [5.41, 5.74) is 0.668. The third-order valence-corrected chi connectivity index (χ3v) is 3.07. The molecule has 22 heavy (non-hydrogen) atoms. The van der Waals surface area contributed by atoms with Crippen molar-refractivity contribution in [1.29, 1.82) is 0 Å². The number of hydrogen-bond acceptors (Lipinski definition) is 8. The highest BCUT2D eigenvalue weighted by atomic mass is 16.5. The van der Waals surface area contributed by atoms with Crippen LogP contribution in [0, 0.1) is 0 Å². The van der Waals surface area contributed by atoms with Crippen LogP contribution < -0.4 is 14.6 Å². The molecule has 0 radical (unpaired) electrons. The zero-order valence-corrected chi connectivity index (χ0v) is 11.7. The van der Waals surface area contributed by atoms with Gasteiger partial charge in [0.05, 0.1) is 31.6 Å². The number of carboxylic acids is 1. The Labute approximate surface area is 124 Å². The smallest absolute Gasteiger partial charge is 0.274 e. The molecule has 0 bridgehead atoms. The van der Waals surface area contributed by atoms with Crippen molar-refractivity contribution in [3.05, 3.63) is 30.0 Å². The van der Waals surface area contributed by atoms with Gasteiger partial charge < -0.3 is 19.4 Å². The number of ether oxygens (including phenoxy) is 2. The molecule has 1 aromatic carbocycles. The lowest BCUT2D eigenvalue weighted by atomic mass is 10.1. The van der Waals surface area contributed by atoms with E-state index in [0.29, 0.717) is 22.8 Å². The van der Waals surface area contributed by atoms with E-state index in [1.165, 1.54) is 20.3 Å². The fraction of sp³-hybridized carbons (Fsp3) is 0.154. The predicted molar refractivity (Wildman–Crippen MR) is 71.4 cm³/mol. The minimum absolute atomic E-state index is 0.0431. The van der Waals surface area contributed by atoms with Crippen molar-refractivity contribution in [3.8, 4) is 22.8 Å². The Hall–Kier alpha value is -3.23. The van der Waals surface area contributed by atoms with E-state index in [-0.39, 0.29) is 11.5 Å². The summed E-state index contributed by atoms with van der Waals surface area (Å²) in [5.74, 6) is -0.286. The largest absolute Gasteiger partial charge is 0.543 e. The van der Waals surface area contributed by atoms with Crippen LogP contribution in [-0.4, -0.2) is 45.2 Å². The number of nitrogens with zero attached hydrogens (tertiary/aromatic N) is 5. The van der Waals surface area contributed by atoms with Gasteiger partial charge in [0.2, 0.25) is 0 Å². The maximum atomic E-state index is 11.3. The molecule has 112 valence electrons. The Balaban J connectivity index is 2.28. The molecule has 2 aromatic heterocycles. The van der Waals surface area contributed by atoms with E-state index >= 15 is 0 Å². The minimum atomic E-state index is -1.41. The van der Waals surface area contributed by atoms with Gasteiger partial charge in [0.15, 0.2) is 0 Å². The highest BCUT2D eigenvalue weighted by molar-refractivity contribution is 5.86. The van der Waals surface area contributed by atoms with E-state index in [2.05, 4.69) is 20.5 Å².